The lowest BCUT2D eigenvalue weighted by Crippen LogP contribution is -2.51. The molecule has 0 spiro atoms. The van der Waals surface area contributed by atoms with E-state index in [1.165, 1.54) is 0 Å². The van der Waals surface area contributed by atoms with Gasteiger partial charge < -0.3 is 19.7 Å². The van der Waals surface area contributed by atoms with Crippen molar-refractivity contribution in [3.63, 3.8) is 0 Å². The lowest BCUT2D eigenvalue weighted by molar-refractivity contribution is -0.141. The number of benzene rings is 3. The van der Waals surface area contributed by atoms with Crippen LogP contribution in [-0.4, -0.2) is 42.0 Å². The van der Waals surface area contributed by atoms with Gasteiger partial charge in [0.25, 0.3) is 0 Å². The number of hydrogen-bond acceptors (Lipinski definition) is 4. The Morgan fingerprint density at radius 2 is 1.62 bits per heavy atom. The van der Waals surface area contributed by atoms with Crippen molar-refractivity contribution >= 4 is 27.7 Å². The van der Waals surface area contributed by atoms with Crippen molar-refractivity contribution in [3.05, 3.63) is 94.0 Å². The summed E-state index contributed by atoms with van der Waals surface area (Å²) < 4.78 is 12.3. The van der Waals surface area contributed by atoms with Crippen LogP contribution in [0.25, 0.3) is 0 Å². The predicted octanol–water partition coefficient (Wildman–Crippen LogP) is 5.32. The number of amides is 2. The molecule has 2 amide bonds. The molecule has 1 aliphatic heterocycles. The summed E-state index contributed by atoms with van der Waals surface area (Å²) in [6.45, 7) is 5.25. The molecule has 3 aromatic rings. The summed E-state index contributed by atoms with van der Waals surface area (Å²) in [5.74, 6) is 1.21. The molecule has 0 aliphatic carbocycles. The summed E-state index contributed by atoms with van der Waals surface area (Å²) >= 11 is 3.53. The van der Waals surface area contributed by atoms with Crippen LogP contribution >= 0.6 is 15.9 Å². The Morgan fingerprint density at radius 3 is 2.35 bits per heavy atom. The molecule has 0 fully saturated rings. The van der Waals surface area contributed by atoms with Crippen LogP contribution in [0.3, 0.4) is 0 Å². The van der Waals surface area contributed by atoms with Crippen molar-refractivity contribution in [2.24, 2.45) is 0 Å². The topological polar surface area (TPSA) is 67.9 Å². The molecule has 0 radical (unpaired) electrons. The Hall–Kier alpha value is -3.32. The van der Waals surface area contributed by atoms with Crippen LogP contribution in [-0.2, 0) is 29.0 Å². The first-order chi connectivity index (χ1) is 17.9. The molecule has 0 saturated heterocycles. The highest BCUT2D eigenvalue weighted by Crippen LogP contribution is 2.31. The zero-order chi connectivity index (χ0) is 26.2. The van der Waals surface area contributed by atoms with E-state index < -0.39 is 6.04 Å². The molecule has 1 unspecified atom stereocenters. The second kappa shape index (κ2) is 12.8. The van der Waals surface area contributed by atoms with Gasteiger partial charge in [-0.3, -0.25) is 9.59 Å². The number of fused-ring (bicyclic) bond motifs is 1. The third-order valence-corrected chi connectivity index (χ3v) is 6.67. The molecular formula is C30H33BrN2O4. The van der Waals surface area contributed by atoms with Crippen LogP contribution in [0.4, 0.5) is 0 Å². The third kappa shape index (κ3) is 7.59. The Labute approximate surface area is 227 Å². The maximum absolute atomic E-state index is 13.8. The van der Waals surface area contributed by atoms with Gasteiger partial charge in [-0.05, 0) is 61.2 Å². The smallest absolute Gasteiger partial charge is 0.243 e. The summed E-state index contributed by atoms with van der Waals surface area (Å²) in [6, 6.07) is 22.8. The van der Waals surface area contributed by atoms with Gasteiger partial charge in [0.1, 0.15) is 19.3 Å². The normalized spacial score (nSPS) is 13.2. The van der Waals surface area contributed by atoms with Crippen molar-refractivity contribution in [2.45, 2.75) is 51.7 Å². The van der Waals surface area contributed by atoms with Crippen molar-refractivity contribution < 1.29 is 19.1 Å². The molecule has 6 nitrogen and oxygen atoms in total. The number of aryl methyl sites for hydroxylation is 1. The molecule has 4 rings (SSSR count). The second-order valence-corrected chi connectivity index (χ2v) is 10.4. The van der Waals surface area contributed by atoms with Gasteiger partial charge in [0.15, 0.2) is 11.5 Å². The average molecular weight is 566 g/mol. The Morgan fingerprint density at radius 1 is 0.892 bits per heavy atom. The summed E-state index contributed by atoms with van der Waals surface area (Å²) in [5.41, 5.74) is 2.95. The monoisotopic (exact) mass is 564 g/mol. The highest BCUT2D eigenvalue weighted by Gasteiger charge is 2.30. The number of carbonyl (C=O) groups excluding carboxylic acids is 2. The lowest BCUT2D eigenvalue weighted by atomic mass is 10.0. The van der Waals surface area contributed by atoms with E-state index in [0.29, 0.717) is 38.3 Å². The van der Waals surface area contributed by atoms with Crippen LogP contribution in [0, 0.1) is 0 Å². The quantitative estimate of drug-likeness (QED) is 0.362. The number of hydrogen-bond donors (Lipinski definition) is 1. The zero-order valence-electron chi connectivity index (χ0n) is 21.3. The largest absolute Gasteiger partial charge is 0.486 e. The highest BCUT2D eigenvalue weighted by molar-refractivity contribution is 9.10. The zero-order valence-corrected chi connectivity index (χ0v) is 22.9. The van der Waals surface area contributed by atoms with Crippen LogP contribution in [0.1, 0.15) is 37.0 Å². The van der Waals surface area contributed by atoms with Crippen LogP contribution in [0.15, 0.2) is 77.3 Å². The van der Waals surface area contributed by atoms with Gasteiger partial charge in [-0.15, -0.1) is 0 Å². The summed E-state index contributed by atoms with van der Waals surface area (Å²) in [6.07, 6.45) is 1.24. The summed E-state index contributed by atoms with van der Waals surface area (Å²) in [7, 11) is 0. The van der Waals surface area contributed by atoms with E-state index in [1.807, 2.05) is 86.6 Å². The van der Waals surface area contributed by atoms with E-state index >= 15 is 0 Å². The number of nitrogens with zero attached hydrogens (tertiary/aromatic N) is 1. The number of carbonyl (C=O) groups is 2. The molecule has 1 heterocycles. The molecule has 37 heavy (non-hydrogen) atoms. The Balaban J connectivity index is 1.59. The van der Waals surface area contributed by atoms with Crippen molar-refractivity contribution in [3.8, 4) is 11.5 Å². The van der Waals surface area contributed by atoms with E-state index in [9.17, 15) is 9.59 Å². The molecule has 1 aliphatic rings. The molecule has 1 atom stereocenters. The van der Waals surface area contributed by atoms with Gasteiger partial charge in [0.2, 0.25) is 11.8 Å². The summed E-state index contributed by atoms with van der Waals surface area (Å²) in [4.78, 5) is 29.0. The minimum Gasteiger partial charge on any atom is -0.486 e. The average Bonchev–Trinajstić information content (AvgIpc) is 2.89. The minimum atomic E-state index is -0.642. The van der Waals surface area contributed by atoms with Gasteiger partial charge in [-0.1, -0.05) is 64.5 Å². The van der Waals surface area contributed by atoms with E-state index in [-0.39, 0.29) is 24.3 Å². The third-order valence-electron chi connectivity index (χ3n) is 6.18. The molecule has 3 aromatic carbocycles. The van der Waals surface area contributed by atoms with Crippen molar-refractivity contribution in [1.29, 1.82) is 0 Å². The minimum absolute atomic E-state index is 0.0358. The van der Waals surface area contributed by atoms with Crippen molar-refractivity contribution in [1.82, 2.24) is 10.2 Å². The van der Waals surface area contributed by atoms with E-state index in [1.54, 1.807) is 4.90 Å². The first kappa shape index (κ1) is 26.7. The fraction of sp³-hybridized carbons (Fsp3) is 0.333. The molecule has 1 N–H and O–H groups in total. The van der Waals surface area contributed by atoms with Crippen LogP contribution in [0.5, 0.6) is 11.5 Å². The summed E-state index contributed by atoms with van der Waals surface area (Å²) in [5, 5.41) is 3.03. The predicted molar refractivity (Wildman–Crippen MR) is 148 cm³/mol. The highest BCUT2D eigenvalue weighted by atomic mass is 79.9. The van der Waals surface area contributed by atoms with E-state index in [4.69, 9.17) is 9.47 Å². The number of rotatable bonds is 10. The van der Waals surface area contributed by atoms with Gasteiger partial charge >= 0.3 is 0 Å². The fourth-order valence-corrected chi connectivity index (χ4v) is 4.85. The molecule has 194 valence electrons. The number of ether oxygens (including phenoxy) is 2. The standard InChI is InChI=1S/C30H33BrN2O4/c1-21(2)32-30(35)26(18-22-7-4-3-5-8-22)33(20-24-9-6-10-25(31)17-24)29(34)14-12-23-11-13-27-28(19-23)37-16-15-36-27/h3-11,13,17,19,21,26H,12,14-16,18,20H2,1-2H3,(H,32,35). The molecule has 0 bridgehead atoms. The lowest BCUT2D eigenvalue weighted by Gasteiger charge is -2.32. The Kier molecular flexibility index (Phi) is 9.23. The Bertz CT molecular complexity index is 1220. The van der Waals surface area contributed by atoms with E-state index in [2.05, 4.69) is 21.2 Å². The van der Waals surface area contributed by atoms with Crippen molar-refractivity contribution in [2.75, 3.05) is 13.2 Å². The van der Waals surface area contributed by atoms with Gasteiger partial charge in [-0.25, -0.2) is 0 Å². The van der Waals surface area contributed by atoms with Gasteiger partial charge in [-0.2, -0.15) is 0 Å². The number of nitrogens with one attached hydrogen (secondary N) is 1. The van der Waals surface area contributed by atoms with Crippen LogP contribution < -0.4 is 14.8 Å². The molecule has 0 aromatic heterocycles. The maximum Gasteiger partial charge on any atom is 0.243 e. The number of halogens is 1. The van der Waals surface area contributed by atoms with Crippen LogP contribution in [0.2, 0.25) is 0 Å². The molecule has 0 saturated carbocycles. The maximum atomic E-state index is 13.8. The van der Waals surface area contributed by atoms with E-state index in [0.717, 1.165) is 26.9 Å². The van der Waals surface area contributed by atoms with Gasteiger partial charge in [0.05, 0.1) is 0 Å². The first-order valence-electron chi connectivity index (χ1n) is 12.7. The molecular weight excluding hydrogens is 532 g/mol. The fourth-order valence-electron chi connectivity index (χ4n) is 4.40. The first-order valence-corrected chi connectivity index (χ1v) is 13.4. The molecule has 7 heteroatoms. The van der Waals surface area contributed by atoms with Gasteiger partial charge in [0, 0.05) is 29.9 Å². The second-order valence-electron chi connectivity index (χ2n) is 9.50. The SMILES string of the molecule is CC(C)NC(=O)C(Cc1ccccc1)N(Cc1cccc(Br)c1)C(=O)CCc1ccc2c(c1)OCCO2.